The molecular formula is C27H20F2N4. The summed E-state index contributed by atoms with van der Waals surface area (Å²) in [4.78, 5) is 14.1. The lowest BCUT2D eigenvalue weighted by Gasteiger charge is -2.33. The summed E-state index contributed by atoms with van der Waals surface area (Å²) in [6.45, 7) is 4.05. The summed E-state index contributed by atoms with van der Waals surface area (Å²) in [5, 5.41) is 1.61. The second-order valence-corrected chi connectivity index (χ2v) is 8.66. The zero-order valence-corrected chi connectivity index (χ0v) is 18.1. The first-order valence-electron chi connectivity index (χ1n) is 10.7. The molecule has 0 aliphatic carbocycles. The molecular weight excluding hydrogens is 418 g/mol. The van der Waals surface area contributed by atoms with E-state index in [0.29, 0.717) is 0 Å². The third kappa shape index (κ3) is 3.09. The molecule has 4 nitrogen and oxygen atoms in total. The fourth-order valence-corrected chi connectivity index (χ4v) is 4.65. The van der Waals surface area contributed by atoms with Crippen molar-refractivity contribution in [2.75, 3.05) is 9.80 Å². The molecule has 0 N–H and O–H groups in total. The molecule has 2 aliphatic rings. The van der Waals surface area contributed by atoms with Crippen LogP contribution in [0.4, 0.5) is 42.9 Å². The number of fused-ring (bicyclic) bond motifs is 3. The van der Waals surface area contributed by atoms with Gasteiger partial charge in [-0.25, -0.2) is 13.8 Å². The summed E-state index contributed by atoms with van der Waals surface area (Å²) in [7, 11) is 0. The van der Waals surface area contributed by atoms with Crippen LogP contribution >= 0.6 is 0 Å². The molecule has 33 heavy (non-hydrogen) atoms. The van der Waals surface area contributed by atoms with Crippen molar-refractivity contribution >= 4 is 34.1 Å². The summed E-state index contributed by atoms with van der Waals surface area (Å²) in [5.41, 5.74) is 4.67. The van der Waals surface area contributed by atoms with Gasteiger partial charge in [-0.3, -0.25) is 4.99 Å². The second-order valence-electron chi connectivity index (χ2n) is 8.66. The number of halogens is 2. The minimum atomic E-state index is -0.558. The van der Waals surface area contributed by atoms with Crippen molar-refractivity contribution in [3.63, 3.8) is 0 Å². The molecule has 6 rings (SSSR count). The molecule has 0 radical (unpaired) electrons. The Bertz CT molecular complexity index is 1510. The van der Waals surface area contributed by atoms with E-state index in [1.165, 1.54) is 24.3 Å². The van der Waals surface area contributed by atoms with Crippen molar-refractivity contribution in [1.82, 2.24) is 0 Å². The van der Waals surface area contributed by atoms with E-state index >= 15 is 0 Å². The molecule has 0 spiro atoms. The van der Waals surface area contributed by atoms with E-state index in [4.69, 9.17) is 9.98 Å². The highest BCUT2D eigenvalue weighted by atomic mass is 19.1. The lowest BCUT2D eigenvalue weighted by atomic mass is 10.1. The average molecular weight is 438 g/mol. The third-order valence-electron chi connectivity index (χ3n) is 6.03. The number of hydrogen-bond acceptors (Lipinski definition) is 4. The molecule has 2 heterocycles. The van der Waals surface area contributed by atoms with Gasteiger partial charge in [-0.2, -0.15) is 0 Å². The fourth-order valence-electron chi connectivity index (χ4n) is 4.65. The molecule has 0 bridgehead atoms. The summed E-state index contributed by atoms with van der Waals surface area (Å²) < 4.78 is 27.2. The van der Waals surface area contributed by atoms with Crippen molar-refractivity contribution in [3.8, 4) is 0 Å². The monoisotopic (exact) mass is 438 g/mol. The van der Waals surface area contributed by atoms with Crippen LogP contribution in [0, 0.1) is 11.6 Å². The second kappa shape index (κ2) is 6.97. The zero-order valence-electron chi connectivity index (χ0n) is 18.1. The number of nitrogens with zero attached hydrogens (tertiary/aromatic N) is 4. The van der Waals surface area contributed by atoms with Gasteiger partial charge in [0.2, 0.25) is 0 Å². The van der Waals surface area contributed by atoms with Crippen LogP contribution in [0.5, 0.6) is 0 Å². The Morgan fingerprint density at radius 3 is 1.97 bits per heavy atom. The summed E-state index contributed by atoms with van der Waals surface area (Å²) >= 11 is 0. The number of hydrogen-bond donors (Lipinski definition) is 0. The number of rotatable bonds is 2. The lowest BCUT2D eigenvalue weighted by molar-refractivity contribution is 0.543. The number of para-hydroxylation sites is 2. The topological polar surface area (TPSA) is 31.2 Å². The third-order valence-corrected chi connectivity index (χ3v) is 6.03. The number of anilines is 5. The summed E-state index contributed by atoms with van der Waals surface area (Å²) in [6.07, 6.45) is 0. The Labute approximate surface area is 189 Å². The van der Waals surface area contributed by atoms with E-state index in [0.717, 1.165) is 44.8 Å². The van der Waals surface area contributed by atoms with Crippen LogP contribution in [-0.4, -0.2) is 5.66 Å². The zero-order chi connectivity index (χ0) is 22.7. The molecule has 0 atom stereocenters. The Morgan fingerprint density at radius 2 is 1.27 bits per heavy atom. The predicted molar refractivity (Wildman–Crippen MR) is 126 cm³/mol. The Kier molecular flexibility index (Phi) is 4.14. The maximum atomic E-state index is 13.7. The van der Waals surface area contributed by atoms with Crippen LogP contribution in [0.3, 0.4) is 0 Å². The highest BCUT2D eigenvalue weighted by Crippen LogP contribution is 2.42. The quantitative estimate of drug-likeness (QED) is 0.328. The van der Waals surface area contributed by atoms with Crippen LogP contribution < -0.4 is 20.5 Å². The molecule has 0 aromatic heterocycles. The van der Waals surface area contributed by atoms with Crippen LogP contribution in [0.15, 0.2) is 94.9 Å². The highest BCUT2D eigenvalue weighted by molar-refractivity contribution is 5.86. The highest BCUT2D eigenvalue weighted by Gasteiger charge is 2.35. The van der Waals surface area contributed by atoms with Gasteiger partial charge in [0.05, 0.1) is 33.5 Å². The Hall–Kier alpha value is -4.06. The number of benzene rings is 4. The first-order valence-corrected chi connectivity index (χ1v) is 10.7. The molecule has 4 aromatic rings. The Balaban J connectivity index is 1.60. The minimum absolute atomic E-state index is 0.278. The van der Waals surface area contributed by atoms with E-state index in [2.05, 4.69) is 9.80 Å². The predicted octanol–water partition coefficient (Wildman–Crippen LogP) is 6.21. The largest absolute Gasteiger partial charge is 0.315 e. The normalized spacial score (nSPS) is 15.3. The summed E-state index contributed by atoms with van der Waals surface area (Å²) in [5.74, 6) is -0.561. The van der Waals surface area contributed by atoms with Crippen molar-refractivity contribution in [1.29, 1.82) is 0 Å². The lowest BCUT2D eigenvalue weighted by Crippen LogP contribution is -2.36. The standard InChI is InChI=1S/C27H20F2N4/c1-27(2)31-23-16-25-22(15-26(23)33(27)20-13-9-18(29)10-14-20)30-21-5-3-4-6-24(21)32(25)19-11-7-17(28)8-12-19/h3-16H,1-2H3. The van der Waals surface area contributed by atoms with Gasteiger partial charge in [0.1, 0.15) is 17.3 Å². The maximum absolute atomic E-state index is 13.7. The van der Waals surface area contributed by atoms with Crippen molar-refractivity contribution in [2.45, 2.75) is 19.5 Å². The first-order chi connectivity index (χ1) is 15.9. The van der Waals surface area contributed by atoms with E-state index in [-0.39, 0.29) is 11.6 Å². The van der Waals surface area contributed by atoms with Crippen LogP contribution in [0.1, 0.15) is 13.8 Å². The van der Waals surface area contributed by atoms with Crippen molar-refractivity contribution in [2.24, 2.45) is 9.98 Å². The molecule has 162 valence electrons. The van der Waals surface area contributed by atoms with Crippen LogP contribution in [0.25, 0.3) is 0 Å². The van der Waals surface area contributed by atoms with Gasteiger partial charge < -0.3 is 9.80 Å². The van der Waals surface area contributed by atoms with Gasteiger partial charge in [-0.1, -0.05) is 12.1 Å². The smallest absolute Gasteiger partial charge is 0.131 e. The van der Waals surface area contributed by atoms with Gasteiger partial charge in [0.15, 0.2) is 0 Å². The molecule has 0 unspecified atom stereocenters. The van der Waals surface area contributed by atoms with Crippen molar-refractivity contribution < 1.29 is 8.78 Å². The van der Waals surface area contributed by atoms with E-state index < -0.39 is 5.66 Å². The molecule has 2 aliphatic heterocycles. The van der Waals surface area contributed by atoms with Crippen molar-refractivity contribution in [3.05, 3.63) is 107 Å². The van der Waals surface area contributed by atoms with E-state index in [1.807, 2.05) is 50.2 Å². The van der Waals surface area contributed by atoms with E-state index in [9.17, 15) is 8.78 Å². The molecule has 0 fully saturated rings. The molecule has 6 heteroatoms. The van der Waals surface area contributed by atoms with Crippen LogP contribution in [0.2, 0.25) is 0 Å². The van der Waals surface area contributed by atoms with Gasteiger partial charge in [-0.15, -0.1) is 0 Å². The SMILES string of the molecule is CC1(C)N=c2cc3c(cc2N1c1ccc(F)cc1)=Nc1ccccc1N3c1ccc(F)cc1. The first kappa shape index (κ1) is 19.6. The Morgan fingerprint density at radius 1 is 0.667 bits per heavy atom. The molecule has 0 saturated heterocycles. The summed E-state index contributed by atoms with van der Waals surface area (Å²) in [6, 6.07) is 24.8. The molecule has 0 saturated carbocycles. The van der Waals surface area contributed by atoms with Gasteiger partial charge >= 0.3 is 0 Å². The van der Waals surface area contributed by atoms with Gasteiger partial charge in [0, 0.05) is 11.4 Å². The maximum Gasteiger partial charge on any atom is 0.131 e. The minimum Gasteiger partial charge on any atom is -0.315 e. The molecule has 4 aromatic carbocycles. The van der Waals surface area contributed by atoms with Gasteiger partial charge in [-0.05, 0) is 86.6 Å². The van der Waals surface area contributed by atoms with Gasteiger partial charge in [0.25, 0.3) is 0 Å². The fraction of sp³-hybridized carbons (Fsp3) is 0.111. The molecule has 0 amide bonds. The average Bonchev–Trinajstić information content (AvgIpc) is 3.06. The van der Waals surface area contributed by atoms with E-state index in [1.54, 1.807) is 24.3 Å². The van der Waals surface area contributed by atoms with Crippen LogP contribution in [-0.2, 0) is 0 Å².